The molecule has 2 bridgehead atoms. The van der Waals surface area contributed by atoms with E-state index in [9.17, 15) is 18.3 Å². The first-order chi connectivity index (χ1) is 16.5. The second-order valence-electron chi connectivity index (χ2n) is 9.91. The molecule has 2 fully saturated rings. The Hall–Kier alpha value is -3.15. The second-order valence-corrected chi connectivity index (χ2v) is 9.91. The largest absolute Gasteiger partial charge is 0.480 e. The topological polar surface area (TPSA) is 101 Å². The number of aryl methyl sites for hydroxylation is 1. The van der Waals surface area contributed by atoms with Gasteiger partial charge in [-0.05, 0) is 57.6 Å². The van der Waals surface area contributed by atoms with E-state index in [2.05, 4.69) is 30.3 Å². The highest BCUT2D eigenvalue weighted by Crippen LogP contribution is 2.40. The van der Waals surface area contributed by atoms with Crippen LogP contribution in [-0.2, 0) is 5.60 Å². The molecule has 5 rings (SSSR count). The normalized spacial score (nSPS) is 22.6. The summed E-state index contributed by atoms with van der Waals surface area (Å²) in [7, 11) is 0. The molecule has 1 saturated heterocycles. The van der Waals surface area contributed by atoms with E-state index in [1.165, 1.54) is 16.6 Å². The van der Waals surface area contributed by atoms with Crippen LogP contribution in [-0.4, -0.2) is 61.6 Å². The van der Waals surface area contributed by atoms with Crippen molar-refractivity contribution in [1.29, 1.82) is 0 Å². The number of halogens is 3. The van der Waals surface area contributed by atoms with Gasteiger partial charge in [0, 0.05) is 30.9 Å². The van der Waals surface area contributed by atoms with Crippen LogP contribution < -0.4 is 15.0 Å². The maximum absolute atomic E-state index is 12.8. The maximum atomic E-state index is 12.8. The minimum absolute atomic E-state index is 0.0483. The second kappa shape index (κ2) is 8.51. The number of anilines is 2. The number of hydrogen-bond acceptors (Lipinski definition) is 8. The lowest BCUT2D eigenvalue weighted by Gasteiger charge is -2.38. The summed E-state index contributed by atoms with van der Waals surface area (Å²) < 4.78 is 44.6. The summed E-state index contributed by atoms with van der Waals surface area (Å²) in [6.07, 6.45) is -0.811. The summed E-state index contributed by atoms with van der Waals surface area (Å²) in [6.45, 7) is 5.32. The molecule has 0 amide bonds. The Balaban J connectivity index is 1.40. The Kier molecular flexibility index (Phi) is 5.73. The molecular formula is C23H28F3N7O2. The lowest BCUT2D eigenvalue weighted by Crippen LogP contribution is -2.48. The van der Waals surface area contributed by atoms with Gasteiger partial charge in [-0.1, -0.05) is 0 Å². The van der Waals surface area contributed by atoms with Crippen LogP contribution in [0.2, 0.25) is 0 Å². The lowest BCUT2D eigenvalue weighted by atomic mass is 9.92. The Labute approximate surface area is 200 Å². The van der Waals surface area contributed by atoms with Crippen LogP contribution in [0.4, 0.5) is 24.9 Å². The average molecular weight is 492 g/mol. The third-order valence-electron chi connectivity index (χ3n) is 6.71. The van der Waals surface area contributed by atoms with E-state index in [4.69, 9.17) is 4.74 Å². The van der Waals surface area contributed by atoms with Crippen LogP contribution >= 0.6 is 0 Å². The molecule has 4 heterocycles. The molecule has 188 valence electrons. The quantitative estimate of drug-likeness (QED) is 0.542. The van der Waals surface area contributed by atoms with Gasteiger partial charge < -0.3 is 20.1 Å². The number of alkyl halides is 3. The van der Waals surface area contributed by atoms with E-state index < -0.39 is 18.4 Å². The number of ether oxygens (including phenoxy) is 1. The number of nitrogens with one attached hydrogen (secondary N) is 1. The van der Waals surface area contributed by atoms with Gasteiger partial charge in [-0.3, -0.25) is 0 Å². The molecule has 1 unspecified atom stereocenters. The number of nitrogens with zero attached hydrogens (tertiary/aromatic N) is 6. The van der Waals surface area contributed by atoms with Crippen molar-refractivity contribution in [1.82, 2.24) is 24.6 Å². The van der Waals surface area contributed by atoms with Crippen molar-refractivity contribution in [2.24, 2.45) is 11.8 Å². The van der Waals surface area contributed by atoms with Crippen molar-refractivity contribution >= 4 is 17.4 Å². The van der Waals surface area contributed by atoms with Crippen LogP contribution in [0, 0.1) is 18.8 Å². The Morgan fingerprint density at radius 1 is 1.14 bits per heavy atom. The van der Waals surface area contributed by atoms with E-state index in [1.807, 2.05) is 13.0 Å². The molecule has 35 heavy (non-hydrogen) atoms. The molecule has 9 nitrogen and oxygen atoms in total. The van der Waals surface area contributed by atoms with Gasteiger partial charge in [0.15, 0.2) is 18.0 Å². The lowest BCUT2D eigenvalue weighted by molar-refractivity contribution is -0.153. The molecule has 3 atom stereocenters. The zero-order valence-corrected chi connectivity index (χ0v) is 19.7. The van der Waals surface area contributed by atoms with Gasteiger partial charge >= 0.3 is 6.18 Å². The van der Waals surface area contributed by atoms with E-state index in [-0.39, 0.29) is 17.4 Å². The zero-order valence-electron chi connectivity index (χ0n) is 19.7. The predicted octanol–water partition coefficient (Wildman–Crippen LogP) is 3.32. The number of rotatable bonds is 6. The van der Waals surface area contributed by atoms with E-state index in [0.717, 1.165) is 37.4 Å². The molecule has 0 spiro atoms. The zero-order chi connectivity index (χ0) is 25.0. The smallest absolute Gasteiger partial charge is 0.422 e. The fraction of sp³-hybridized carbons (Fsp3) is 0.565. The van der Waals surface area contributed by atoms with Crippen molar-refractivity contribution in [3.8, 4) is 5.75 Å². The molecule has 1 saturated carbocycles. The first-order valence-electron chi connectivity index (χ1n) is 11.6. The van der Waals surface area contributed by atoms with Gasteiger partial charge in [0.25, 0.3) is 0 Å². The molecular weight excluding hydrogens is 463 g/mol. The Morgan fingerprint density at radius 3 is 2.49 bits per heavy atom. The minimum Gasteiger partial charge on any atom is -0.480 e. The number of hydrogen-bond donors (Lipinski definition) is 2. The van der Waals surface area contributed by atoms with Gasteiger partial charge in [0.1, 0.15) is 17.7 Å². The summed E-state index contributed by atoms with van der Waals surface area (Å²) >= 11 is 0. The summed E-state index contributed by atoms with van der Waals surface area (Å²) in [4.78, 5) is 15.4. The van der Waals surface area contributed by atoms with Crippen LogP contribution in [0.3, 0.4) is 0 Å². The fourth-order valence-corrected chi connectivity index (χ4v) is 5.14. The Bertz CT molecular complexity index is 1210. The number of fused-ring (bicyclic) bond motifs is 3. The summed E-state index contributed by atoms with van der Waals surface area (Å²) in [5.41, 5.74) is 0.149. The summed E-state index contributed by atoms with van der Waals surface area (Å²) in [5.74, 6) is 1.84. The molecule has 2 aliphatic rings. The van der Waals surface area contributed by atoms with Crippen molar-refractivity contribution < 1.29 is 23.0 Å². The fourth-order valence-electron chi connectivity index (χ4n) is 5.14. The third-order valence-corrected chi connectivity index (χ3v) is 6.71. The average Bonchev–Trinajstić information content (AvgIpc) is 3.27. The number of piperidine rings is 1. The molecule has 12 heteroatoms. The van der Waals surface area contributed by atoms with Crippen molar-refractivity contribution in [3.63, 3.8) is 0 Å². The summed E-state index contributed by atoms with van der Waals surface area (Å²) in [6, 6.07) is 5.00. The third kappa shape index (κ3) is 4.84. The maximum Gasteiger partial charge on any atom is 0.422 e. The first kappa shape index (κ1) is 23.6. The molecule has 1 aliphatic carbocycles. The predicted molar refractivity (Wildman–Crippen MR) is 122 cm³/mol. The van der Waals surface area contributed by atoms with Crippen molar-refractivity contribution in [2.75, 3.05) is 29.9 Å². The Morgan fingerprint density at radius 2 is 1.86 bits per heavy atom. The molecule has 0 radical (unpaired) electrons. The van der Waals surface area contributed by atoms with Gasteiger partial charge in [-0.2, -0.15) is 18.2 Å². The van der Waals surface area contributed by atoms with E-state index >= 15 is 0 Å². The molecule has 1 aliphatic heterocycles. The van der Waals surface area contributed by atoms with Crippen LogP contribution in [0.5, 0.6) is 5.75 Å². The SMILES string of the molecule is Cc1cc(N2C[C@H]3CC[C@@H](C2)C3Nc2nc3c(OCC(F)(F)F)ccc(C(C)(C)O)n3n2)ncn1. The van der Waals surface area contributed by atoms with Gasteiger partial charge in [0.2, 0.25) is 5.95 Å². The molecule has 0 aromatic carbocycles. The van der Waals surface area contributed by atoms with E-state index in [0.29, 0.717) is 23.5 Å². The van der Waals surface area contributed by atoms with Gasteiger partial charge in [-0.25, -0.2) is 14.5 Å². The highest BCUT2D eigenvalue weighted by atomic mass is 19.4. The highest BCUT2D eigenvalue weighted by Gasteiger charge is 2.43. The molecule has 2 N–H and O–H groups in total. The monoisotopic (exact) mass is 491 g/mol. The van der Waals surface area contributed by atoms with Crippen LogP contribution in [0.15, 0.2) is 24.5 Å². The van der Waals surface area contributed by atoms with Gasteiger partial charge in [-0.15, -0.1) is 5.10 Å². The molecule has 3 aromatic rings. The van der Waals surface area contributed by atoms with E-state index in [1.54, 1.807) is 20.2 Å². The van der Waals surface area contributed by atoms with Crippen molar-refractivity contribution in [2.45, 2.75) is 51.4 Å². The van der Waals surface area contributed by atoms with Crippen LogP contribution in [0.25, 0.3) is 5.65 Å². The number of aliphatic hydroxyl groups is 1. The standard InChI is InChI=1S/C23H28F3N7O2/c1-13-8-18(28-12-27-13)32-9-14-4-5-15(10-32)19(14)29-21-30-20-16(35-11-23(24,25)26)6-7-17(22(2,3)34)33(20)31-21/h6-8,12,14-15,19,34H,4-5,9-11H2,1-3H3,(H,29,31)/t14-,15+,19?. The van der Waals surface area contributed by atoms with Gasteiger partial charge in [0.05, 0.1) is 5.69 Å². The highest BCUT2D eigenvalue weighted by molar-refractivity contribution is 5.57. The summed E-state index contributed by atoms with van der Waals surface area (Å²) in [5, 5.41) is 18.5. The van der Waals surface area contributed by atoms with Crippen LogP contribution in [0.1, 0.15) is 38.1 Å². The first-order valence-corrected chi connectivity index (χ1v) is 11.6. The number of pyridine rings is 1. The minimum atomic E-state index is -4.48. The number of aromatic nitrogens is 5. The molecule has 3 aromatic heterocycles. The van der Waals surface area contributed by atoms with Crippen molar-refractivity contribution in [3.05, 3.63) is 35.9 Å².